The van der Waals surface area contributed by atoms with E-state index in [1.165, 1.54) is 25.3 Å². The number of ether oxygens (including phenoxy) is 1. The third kappa shape index (κ3) is 2.22. The van der Waals surface area contributed by atoms with Gasteiger partial charge in [0.05, 0.1) is 23.6 Å². The van der Waals surface area contributed by atoms with Crippen LogP contribution < -0.4 is 0 Å². The highest BCUT2D eigenvalue weighted by atomic mass is 35.5. The van der Waals surface area contributed by atoms with Gasteiger partial charge in [0.15, 0.2) is 0 Å². The van der Waals surface area contributed by atoms with E-state index in [1.807, 2.05) is 0 Å². The summed E-state index contributed by atoms with van der Waals surface area (Å²) in [5.74, 6) is -1.89. The zero-order chi connectivity index (χ0) is 15.9. The fourth-order valence-corrected chi connectivity index (χ4v) is 3.15. The number of esters is 1. The number of halogens is 2. The van der Waals surface area contributed by atoms with Crippen LogP contribution in [0.1, 0.15) is 34.1 Å². The second-order valence-corrected chi connectivity index (χ2v) is 5.50. The van der Waals surface area contributed by atoms with Gasteiger partial charge in [-0.1, -0.05) is 23.7 Å². The van der Waals surface area contributed by atoms with E-state index in [0.29, 0.717) is 18.7 Å². The van der Waals surface area contributed by atoms with E-state index in [4.69, 9.17) is 16.3 Å². The number of ketones is 1. The largest absolute Gasteiger partial charge is 0.469 e. The molecule has 1 aliphatic heterocycles. The molecule has 0 radical (unpaired) electrons. The molecule has 4 nitrogen and oxygen atoms in total. The summed E-state index contributed by atoms with van der Waals surface area (Å²) in [5, 5.41) is 0.219. The predicted molar refractivity (Wildman–Crippen MR) is 78.6 cm³/mol. The number of aromatic nitrogens is 1. The molecule has 6 heteroatoms. The molecule has 114 valence electrons. The highest BCUT2D eigenvalue weighted by Gasteiger charge is 2.35. The third-order valence-corrected chi connectivity index (χ3v) is 4.19. The van der Waals surface area contributed by atoms with Crippen LogP contribution in [0.4, 0.5) is 4.39 Å². The molecule has 1 atom stereocenters. The van der Waals surface area contributed by atoms with E-state index in [1.54, 1.807) is 16.7 Å². The Balaban J connectivity index is 2.06. The zero-order valence-electron chi connectivity index (χ0n) is 11.8. The van der Waals surface area contributed by atoms with Crippen molar-refractivity contribution in [2.45, 2.75) is 18.9 Å². The first-order chi connectivity index (χ1) is 10.5. The van der Waals surface area contributed by atoms with E-state index in [2.05, 4.69) is 0 Å². The number of carbonyl (C=O) groups is 2. The van der Waals surface area contributed by atoms with Crippen LogP contribution in [0.25, 0.3) is 0 Å². The van der Waals surface area contributed by atoms with Gasteiger partial charge in [0.25, 0.3) is 0 Å². The predicted octanol–water partition coefficient (Wildman–Crippen LogP) is 3.17. The average Bonchev–Trinajstić information content (AvgIpc) is 3.04. The molecule has 0 bridgehead atoms. The minimum absolute atomic E-state index is 0.0354. The number of fused-ring (bicyclic) bond motifs is 1. The summed E-state index contributed by atoms with van der Waals surface area (Å²) in [4.78, 5) is 24.4. The van der Waals surface area contributed by atoms with Gasteiger partial charge < -0.3 is 9.30 Å². The topological polar surface area (TPSA) is 48.3 Å². The standard InChI is InChI=1S/C16H13ClFNO3/c1-22-16(21)10-6-7-19-13(10)8-11(17)14(19)15(20)9-4-2-3-5-12(9)18/h2-5,8,10H,6-7H2,1H3. The second-order valence-electron chi connectivity index (χ2n) is 5.09. The van der Waals surface area contributed by atoms with Crippen molar-refractivity contribution in [2.24, 2.45) is 0 Å². The van der Waals surface area contributed by atoms with Gasteiger partial charge in [0.2, 0.25) is 5.78 Å². The maximum absolute atomic E-state index is 13.8. The quantitative estimate of drug-likeness (QED) is 0.644. The summed E-state index contributed by atoms with van der Waals surface area (Å²) in [6.45, 7) is 0.470. The number of benzene rings is 1. The lowest BCUT2D eigenvalue weighted by atomic mass is 10.1. The summed E-state index contributed by atoms with van der Waals surface area (Å²) in [5.41, 5.74) is 0.816. The molecule has 1 aromatic carbocycles. The van der Waals surface area contributed by atoms with E-state index in [9.17, 15) is 14.0 Å². The van der Waals surface area contributed by atoms with Crippen molar-refractivity contribution in [2.75, 3.05) is 7.11 Å². The van der Waals surface area contributed by atoms with Gasteiger partial charge in [-0.15, -0.1) is 0 Å². The molecule has 3 rings (SSSR count). The molecular weight excluding hydrogens is 309 g/mol. The average molecular weight is 322 g/mol. The maximum Gasteiger partial charge on any atom is 0.314 e. The number of carbonyl (C=O) groups excluding carboxylic acids is 2. The molecule has 1 aromatic heterocycles. The SMILES string of the molecule is COC(=O)C1CCn2c1cc(Cl)c2C(=O)c1ccccc1F. The van der Waals surface area contributed by atoms with Crippen LogP contribution in [0, 0.1) is 5.82 Å². The molecule has 2 heterocycles. The second kappa shape index (κ2) is 5.57. The fraction of sp³-hybridized carbons (Fsp3) is 0.250. The molecule has 0 saturated carbocycles. The summed E-state index contributed by atoms with van der Waals surface area (Å²) < 4.78 is 20.3. The summed E-state index contributed by atoms with van der Waals surface area (Å²) in [7, 11) is 1.32. The van der Waals surface area contributed by atoms with Crippen LogP contribution >= 0.6 is 11.6 Å². The Morgan fingerprint density at radius 1 is 1.36 bits per heavy atom. The molecule has 0 aliphatic carbocycles. The van der Waals surface area contributed by atoms with E-state index >= 15 is 0 Å². The molecule has 1 aliphatic rings. The van der Waals surface area contributed by atoms with Gasteiger partial charge >= 0.3 is 5.97 Å². The first-order valence-electron chi connectivity index (χ1n) is 6.80. The third-order valence-electron chi connectivity index (χ3n) is 3.90. The first-order valence-corrected chi connectivity index (χ1v) is 7.18. The number of rotatable bonds is 3. The summed E-state index contributed by atoms with van der Waals surface area (Å²) in [6.07, 6.45) is 0.538. The van der Waals surface area contributed by atoms with Crippen molar-refractivity contribution in [3.63, 3.8) is 0 Å². The highest BCUT2D eigenvalue weighted by Crippen LogP contribution is 2.36. The molecule has 0 N–H and O–H groups in total. The Morgan fingerprint density at radius 2 is 2.09 bits per heavy atom. The van der Waals surface area contributed by atoms with Crippen LogP contribution in [0.3, 0.4) is 0 Å². The van der Waals surface area contributed by atoms with Crippen molar-refractivity contribution in [3.05, 3.63) is 58.1 Å². The minimum atomic E-state index is -0.596. The Hall–Kier alpha value is -2.14. The van der Waals surface area contributed by atoms with E-state index in [0.717, 1.165) is 0 Å². The molecule has 0 spiro atoms. The Kier molecular flexibility index (Phi) is 3.74. The lowest BCUT2D eigenvalue weighted by molar-refractivity contribution is -0.142. The smallest absolute Gasteiger partial charge is 0.314 e. The molecular formula is C16H13ClFNO3. The van der Waals surface area contributed by atoms with Gasteiger partial charge in [-0.3, -0.25) is 9.59 Å². The van der Waals surface area contributed by atoms with Crippen molar-refractivity contribution in [3.8, 4) is 0 Å². The van der Waals surface area contributed by atoms with Crippen LogP contribution in [0.5, 0.6) is 0 Å². The van der Waals surface area contributed by atoms with Gasteiger partial charge in [0, 0.05) is 12.2 Å². The summed E-state index contributed by atoms with van der Waals surface area (Å²) >= 11 is 6.16. The number of methoxy groups -OCH3 is 1. The van der Waals surface area contributed by atoms with Gasteiger partial charge in [-0.25, -0.2) is 4.39 Å². The zero-order valence-corrected chi connectivity index (χ0v) is 12.6. The molecule has 0 saturated heterocycles. The van der Waals surface area contributed by atoms with E-state index in [-0.39, 0.29) is 22.2 Å². The van der Waals surface area contributed by atoms with Crippen molar-refractivity contribution >= 4 is 23.4 Å². The van der Waals surface area contributed by atoms with Crippen LogP contribution in [-0.4, -0.2) is 23.4 Å². The molecule has 1 unspecified atom stereocenters. The fourth-order valence-electron chi connectivity index (χ4n) is 2.85. The van der Waals surface area contributed by atoms with Gasteiger partial charge in [-0.05, 0) is 24.6 Å². The van der Waals surface area contributed by atoms with Crippen LogP contribution in [-0.2, 0) is 16.1 Å². The number of hydrogen-bond acceptors (Lipinski definition) is 3. The van der Waals surface area contributed by atoms with Crippen molar-refractivity contribution < 1.29 is 18.7 Å². The maximum atomic E-state index is 13.8. The van der Waals surface area contributed by atoms with Crippen LogP contribution in [0.15, 0.2) is 30.3 Å². The van der Waals surface area contributed by atoms with E-state index < -0.39 is 17.5 Å². The number of nitrogens with zero attached hydrogens (tertiary/aromatic N) is 1. The summed E-state index contributed by atoms with van der Waals surface area (Å²) in [6, 6.07) is 7.34. The van der Waals surface area contributed by atoms with Crippen molar-refractivity contribution in [1.82, 2.24) is 4.57 Å². The minimum Gasteiger partial charge on any atom is -0.469 e. The lowest BCUT2D eigenvalue weighted by Gasteiger charge is -2.07. The van der Waals surface area contributed by atoms with Gasteiger partial charge in [0.1, 0.15) is 11.5 Å². The molecule has 0 fully saturated rings. The lowest BCUT2D eigenvalue weighted by Crippen LogP contribution is -2.12. The first kappa shape index (κ1) is 14.8. The van der Waals surface area contributed by atoms with Crippen molar-refractivity contribution in [1.29, 1.82) is 0 Å². The normalized spacial score (nSPS) is 16.4. The Bertz CT molecular complexity index is 769. The Morgan fingerprint density at radius 3 is 2.77 bits per heavy atom. The van der Waals surface area contributed by atoms with Crippen LogP contribution in [0.2, 0.25) is 5.02 Å². The molecule has 22 heavy (non-hydrogen) atoms. The molecule has 0 amide bonds. The monoisotopic (exact) mass is 321 g/mol. The molecule has 2 aromatic rings. The highest BCUT2D eigenvalue weighted by molar-refractivity contribution is 6.35. The van der Waals surface area contributed by atoms with Gasteiger partial charge in [-0.2, -0.15) is 0 Å². The number of hydrogen-bond donors (Lipinski definition) is 0. The Labute approximate surface area is 131 Å².